The minimum Gasteiger partial charge on any atom is -0.250 e. The third kappa shape index (κ3) is 2.85. The molecule has 0 aliphatic carbocycles. The van der Waals surface area contributed by atoms with Gasteiger partial charge in [0.05, 0.1) is 4.90 Å². The summed E-state index contributed by atoms with van der Waals surface area (Å²) >= 11 is 0. The molecule has 1 atom stereocenters. The molecule has 5 heteroatoms. The smallest absolute Gasteiger partial charge is 0.127 e. The van der Waals surface area contributed by atoms with Crippen molar-refractivity contribution in [2.45, 2.75) is 4.90 Å². The van der Waals surface area contributed by atoms with Gasteiger partial charge in [-0.3, -0.25) is 0 Å². The van der Waals surface area contributed by atoms with Crippen LogP contribution in [0.5, 0.6) is 0 Å². The van der Waals surface area contributed by atoms with Gasteiger partial charge in [-0.1, -0.05) is 0 Å². The predicted molar refractivity (Wildman–Crippen MR) is 51.4 cm³/mol. The summed E-state index contributed by atoms with van der Waals surface area (Å²) in [7, 11) is 0.145. The van der Waals surface area contributed by atoms with Crippen molar-refractivity contribution in [1.29, 1.82) is 0 Å². The molecule has 1 unspecified atom stereocenters. The first-order valence-corrected chi connectivity index (χ1v) is 5.20. The maximum atomic E-state index is 12.5. The van der Waals surface area contributed by atoms with E-state index in [1.54, 1.807) is 7.05 Å². The predicted octanol–water partition coefficient (Wildman–Crippen LogP) is 1.75. The standard InChI is InChI=1S/C9H11F2NOS/c1-12(7-6-10)14(13)9-4-2-8(11)3-5-9/h2-5H,6-7H2,1H3. The van der Waals surface area contributed by atoms with E-state index in [2.05, 4.69) is 0 Å². The Balaban J connectivity index is 2.74. The van der Waals surface area contributed by atoms with Gasteiger partial charge in [-0.25, -0.2) is 17.3 Å². The molecule has 0 aromatic heterocycles. The van der Waals surface area contributed by atoms with Crippen molar-refractivity contribution in [3.05, 3.63) is 30.1 Å². The van der Waals surface area contributed by atoms with Crippen LogP contribution in [0.4, 0.5) is 8.78 Å². The monoisotopic (exact) mass is 219 g/mol. The van der Waals surface area contributed by atoms with Crippen molar-refractivity contribution in [2.24, 2.45) is 0 Å². The first-order valence-electron chi connectivity index (χ1n) is 4.09. The third-order valence-corrected chi connectivity index (χ3v) is 3.12. The number of benzene rings is 1. The molecule has 0 fully saturated rings. The lowest BCUT2D eigenvalue weighted by molar-refractivity contribution is 0.410. The Labute approximate surface area is 84.1 Å². The number of nitrogens with zero attached hydrogens (tertiary/aromatic N) is 1. The minimum atomic E-state index is -1.41. The van der Waals surface area contributed by atoms with E-state index in [9.17, 15) is 13.0 Å². The second kappa shape index (κ2) is 5.17. The zero-order valence-electron chi connectivity index (χ0n) is 7.74. The Hall–Kier alpha value is -0.810. The second-order valence-electron chi connectivity index (χ2n) is 2.74. The van der Waals surface area contributed by atoms with E-state index in [4.69, 9.17) is 0 Å². The van der Waals surface area contributed by atoms with Crippen molar-refractivity contribution in [1.82, 2.24) is 4.31 Å². The van der Waals surface area contributed by atoms with Gasteiger partial charge in [0.1, 0.15) is 23.5 Å². The average molecular weight is 219 g/mol. The Morgan fingerprint density at radius 2 is 1.93 bits per heavy atom. The third-order valence-electron chi connectivity index (χ3n) is 1.70. The summed E-state index contributed by atoms with van der Waals surface area (Å²) < 4.78 is 37.4. The number of halogens is 2. The highest BCUT2D eigenvalue weighted by molar-refractivity contribution is 7.82. The van der Waals surface area contributed by atoms with Crippen molar-refractivity contribution in [3.8, 4) is 0 Å². The highest BCUT2D eigenvalue weighted by atomic mass is 32.2. The maximum absolute atomic E-state index is 12.5. The molecule has 0 amide bonds. The fourth-order valence-electron chi connectivity index (χ4n) is 0.933. The van der Waals surface area contributed by atoms with E-state index in [1.807, 2.05) is 0 Å². The number of rotatable bonds is 4. The van der Waals surface area contributed by atoms with Crippen LogP contribution >= 0.6 is 0 Å². The van der Waals surface area contributed by atoms with Crippen LogP contribution in [0.15, 0.2) is 29.2 Å². The van der Waals surface area contributed by atoms with Gasteiger partial charge >= 0.3 is 0 Å². The van der Waals surface area contributed by atoms with Crippen LogP contribution in [0.3, 0.4) is 0 Å². The first-order chi connectivity index (χ1) is 6.65. The highest BCUT2D eigenvalue weighted by Crippen LogP contribution is 2.10. The molecule has 14 heavy (non-hydrogen) atoms. The SMILES string of the molecule is CN(CCF)S(=O)c1ccc(F)cc1. The number of hydrogen-bond acceptors (Lipinski definition) is 1. The van der Waals surface area contributed by atoms with Gasteiger partial charge in [0.2, 0.25) is 0 Å². The molecule has 0 aliphatic rings. The Morgan fingerprint density at radius 3 is 2.43 bits per heavy atom. The summed E-state index contributed by atoms with van der Waals surface area (Å²) in [5, 5.41) is 0. The Morgan fingerprint density at radius 1 is 1.36 bits per heavy atom. The molecule has 1 aromatic rings. The van der Waals surface area contributed by atoms with Gasteiger partial charge < -0.3 is 0 Å². The summed E-state index contributed by atoms with van der Waals surface area (Å²) in [4.78, 5) is 0.474. The van der Waals surface area contributed by atoms with Gasteiger partial charge in [-0.05, 0) is 24.3 Å². The van der Waals surface area contributed by atoms with Gasteiger partial charge in [0.15, 0.2) is 0 Å². The fraction of sp³-hybridized carbons (Fsp3) is 0.333. The van der Waals surface area contributed by atoms with Crippen LogP contribution in [0, 0.1) is 5.82 Å². The molecule has 0 heterocycles. The molecule has 0 spiro atoms. The van der Waals surface area contributed by atoms with Crippen LogP contribution in [0.1, 0.15) is 0 Å². The second-order valence-corrected chi connectivity index (χ2v) is 4.34. The number of alkyl halides is 1. The summed E-state index contributed by atoms with van der Waals surface area (Å²) in [5.41, 5.74) is 0. The maximum Gasteiger partial charge on any atom is 0.127 e. The normalized spacial score (nSPS) is 13.1. The molecule has 0 aliphatic heterocycles. The Bertz CT molecular complexity index is 315. The van der Waals surface area contributed by atoms with Crippen molar-refractivity contribution >= 4 is 11.0 Å². The molecular formula is C9H11F2NOS. The Kier molecular flexibility index (Phi) is 4.16. The van der Waals surface area contributed by atoms with E-state index in [0.717, 1.165) is 0 Å². The lowest BCUT2D eigenvalue weighted by atomic mass is 10.4. The quantitative estimate of drug-likeness (QED) is 0.755. The molecule has 78 valence electrons. The highest BCUT2D eigenvalue weighted by Gasteiger charge is 2.09. The van der Waals surface area contributed by atoms with Crippen LogP contribution < -0.4 is 0 Å². The van der Waals surface area contributed by atoms with Crippen LogP contribution in [-0.4, -0.2) is 28.8 Å². The topological polar surface area (TPSA) is 20.3 Å². The molecule has 0 radical (unpaired) electrons. The van der Waals surface area contributed by atoms with Gasteiger partial charge in [-0.2, -0.15) is 0 Å². The van der Waals surface area contributed by atoms with Crippen LogP contribution in [0.25, 0.3) is 0 Å². The molecule has 0 bridgehead atoms. The summed E-state index contributed by atoms with van der Waals surface area (Å²) in [6.45, 7) is -0.451. The van der Waals surface area contributed by atoms with E-state index < -0.39 is 17.7 Å². The van der Waals surface area contributed by atoms with Gasteiger partial charge in [0.25, 0.3) is 0 Å². The van der Waals surface area contributed by atoms with E-state index >= 15 is 0 Å². The molecule has 1 aromatic carbocycles. The summed E-state index contributed by atoms with van der Waals surface area (Å²) in [6, 6.07) is 5.33. The zero-order chi connectivity index (χ0) is 10.6. The summed E-state index contributed by atoms with van der Waals surface area (Å²) in [5.74, 6) is -0.376. The van der Waals surface area contributed by atoms with Crippen molar-refractivity contribution in [3.63, 3.8) is 0 Å². The van der Waals surface area contributed by atoms with E-state index in [-0.39, 0.29) is 12.4 Å². The average Bonchev–Trinajstić information content (AvgIpc) is 2.18. The molecule has 0 saturated carbocycles. The first kappa shape index (κ1) is 11.3. The zero-order valence-corrected chi connectivity index (χ0v) is 8.56. The molecule has 1 rings (SSSR count). The van der Waals surface area contributed by atoms with Crippen LogP contribution in [-0.2, 0) is 11.0 Å². The molecular weight excluding hydrogens is 208 g/mol. The van der Waals surface area contributed by atoms with Gasteiger partial charge in [0, 0.05) is 13.6 Å². The minimum absolute atomic E-state index is 0.101. The largest absolute Gasteiger partial charge is 0.250 e. The number of hydrogen-bond donors (Lipinski definition) is 0. The molecule has 0 saturated heterocycles. The van der Waals surface area contributed by atoms with Crippen molar-refractivity contribution in [2.75, 3.05) is 20.3 Å². The lowest BCUT2D eigenvalue weighted by Crippen LogP contribution is -2.23. The van der Waals surface area contributed by atoms with Crippen LogP contribution in [0.2, 0.25) is 0 Å². The van der Waals surface area contributed by atoms with Gasteiger partial charge in [-0.15, -0.1) is 0 Å². The van der Waals surface area contributed by atoms with Crippen molar-refractivity contribution < 1.29 is 13.0 Å². The fourth-order valence-corrected chi connectivity index (χ4v) is 1.90. The van der Waals surface area contributed by atoms with E-state index in [1.165, 1.54) is 28.6 Å². The summed E-state index contributed by atoms with van der Waals surface area (Å²) in [6.07, 6.45) is 0. The lowest BCUT2D eigenvalue weighted by Gasteiger charge is -2.13. The molecule has 2 nitrogen and oxygen atoms in total. The van der Waals surface area contributed by atoms with E-state index in [0.29, 0.717) is 4.90 Å². The molecule has 0 N–H and O–H groups in total.